The standard InChI is InChI=1S/C15H15N5OS/c1-9-5-3-4-6-12(9)19-14(21)10(2)22-15-18-8-11(7-16)13(17)20-15/h3-6,8,10H,1-2H3,(H,19,21)(H2,17,18,20)/t10-/m1/s1. The molecule has 0 unspecified atom stereocenters. The molecule has 1 aromatic heterocycles. The number of hydrogen-bond acceptors (Lipinski definition) is 6. The maximum absolute atomic E-state index is 12.2. The van der Waals surface area contributed by atoms with Crippen molar-refractivity contribution in [2.24, 2.45) is 0 Å². The molecule has 1 heterocycles. The van der Waals surface area contributed by atoms with Gasteiger partial charge < -0.3 is 11.1 Å². The fraction of sp³-hybridized carbons (Fsp3) is 0.200. The van der Waals surface area contributed by atoms with Crippen molar-refractivity contribution in [2.75, 3.05) is 11.1 Å². The van der Waals surface area contributed by atoms with E-state index in [0.717, 1.165) is 11.3 Å². The summed E-state index contributed by atoms with van der Waals surface area (Å²) >= 11 is 1.19. The topological polar surface area (TPSA) is 105 Å². The summed E-state index contributed by atoms with van der Waals surface area (Å²) in [4.78, 5) is 20.3. The van der Waals surface area contributed by atoms with E-state index < -0.39 is 5.25 Å². The summed E-state index contributed by atoms with van der Waals surface area (Å²) < 4.78 is 0. The molecule has 0 saturated carbocycles. The van der Waals surface area contributed by atoms with Crippen molar-refractivity contribution in [1.82, 2.24) is 9.97 Å². The molecule has 2 aromatic rings. The van der Waals surface area contributed by atoms with E-state index in [1.165, 1.54) is 18.0 Å². The monoisotopic (exact) mass is 313 g/mol. The van der Waals surface area contributed by atoms with Crippen LogP contribution in [0.1, 0.15) is 18.1 Å². The molecule has 3 N–H and O–H groups in total. The van der Waals surface area contributed by atoms with Crippen molar-refractivity contribution >= 4 is 29.2 Å². The zero-order valence-electron chi connectivity index (χ0n) is 12.2. The summed E-state index contributed by atoms with van der Waals surface area (Å²) in [6.45, 7) is 3.69. The van der Waals surface area contributed by atoms with E-state index in [2.05, 4.69) is 15.3 Å². The van der Waals surface area contributed by atoms with Gasteiger partial charge in [-0.1, -0.05) is 30.0 Å². The minimum atomic E-state index is -0.396. The van der Waals surface area contributed by atoms with Crippen LogP contribution in [-0.4, -0.2) is 21.1 Å². The van der Waals surface area contributed by atoms with Gasteiger partial charge in [0.25, 0.3) is 0 Å². The summed E-state index contributed by atoms with van der Waals surface area (Å²) in [6, 6.07) is 9.45. The lowest BCUT2D eigenvalue weighted by Gasteiger charge is -2.12. The quantitative estimate of drug-likeness (QED) is 0.663. The van der Waals surface area contributed by atoms with Crippen LogP contribution in [0.15, 0.2) is 35.6 Å². The minimum absolute atomic E-state index is 0.117. The van der Waals surface area contributed by atoms with E-state index >= 15 is 0 Å². The van der Waals surface area contributed by atoms with Gasteiger partial charge in [0.1, 0.15) is 17.5 Å². The first-order chi connectivity index (χ1) is 10.5. The summed E-state index contributed by atoms with van der Waals surface area (Å²) in [7, 11) is 0. The maximum atomic E-state index is 12.2. The largest absolute Gasteiger partial charge is 0.382 e. The second-order valence-corrected chi connectivity index (χ2v) is 5.94. The van der Waals surface area contributed by atoms with Gasteiger partial charge in [0.2, 0.25) is 5.91 Å². The number of aryl methyl sites for hydroxylation is 1. The molecule has 1 aromatic carbocycles. The number of anilines is 2. The van der Waals surface area contributed by atoms with Crippen molar-refractivity contribution in [1.29, 1.82) is 5.26 Å². The van der Waals surface area contributed by atoms with Gasteiger partial charge in [-0.25, -0.2) is 9.97 Å². The Hall–Kier alpha value is -2.59. The van der Waals surface area contributed by atoms with Gasteiger partial charge in [-0.2, -0.15) is 5.26 Å². The predicted molar refractivity (Wildman–Crippen MR) is 86.3 cm³/mol. The lowest BCUT2D eigenvalue weighted by molar-refractivity contribution is -0.115. The van der Waals surface area contributed by atoms with Crippen LogP contribution in [0.2, 0.25) is 0 Å². The van der Waals surface area contributed by atoms with Crippen molar-refractivity contribution in [3.63, 3.8) is 0 Å². The molecule has 2 rings (SSSR count). The second-order valence-electron chi connectivity index (χ2n) is 4.63. The summed E-state index contributed by atoms with van der Waals surface area (Å²) in [6.07, 6.45) is 1.36. The Morgan fingerprint density at radius 2 is 2.18 bits per heavy atom. The van der Waals surface area contributed by atoms with Crippen molar-refractivity contribution in [3.8, 4) is 6.07 Å². The molecule has 0 bridgehead atoms. The van der Waals surface area contributed by atoms with Gasteiger partial charge in [0.05, 0.1) is 11.4 Å². The first-order valence-corrected chi connectivity index (χ1v) is 7.45. The zero-order valence-corrected chi connectivity index (χ0v) is 13.0. The van der Waals surface area contributed by atoms with Gasteiger partial charge in [0.15, 0.2) is 5.16 Å². The van der Waals surface area contributed by atoms with E-state index in [1.54, 1.807) is 6.92 Å². The number of aromatic nitrogens is 2. The van der Waals surface area contributed by atoms with Gasteiger partial charge in [0, 0.05) is 5.69 Å². The number of benzene rings is 1. The molecule has 1 amide bonds. The maximum Gasteiger partial charge on any atom is 0.237 e. The number of nitrogen functional groups attached to an aromatic ring is 1. The molecule has 0 radical (unpaired) electrons. The average molecular weight is 313 g/mol. The average Bonchev–Trinajstić information content (AvgIpc) is 2.49. The fourth-order valence-electron chi connectivity index (χ4n) is 1.68. The van der Waals surface area contributed by atoms with Crippen LogP contribution in [0.5, 0.6) is 0 Å². The number of para-hydroxylation sites is 1. The molecule has 0 saturated heterocycles. The first-order valence-electron chi connectivity index (χ1n) is 6.57. The Morgan fingerprint density at radius 1 is 1.45 bits per heavy atom. The Labute approximate surface area is 132 Å². The van der Waals surface area contributed by atoms with E-state index in [-0.39, 0.29) is 17.3 Å². The number of thioether (sulfide) groups is 1. The summed E-state index contributed by atoms with van der Waals surface area (Å²) in [5.74, 6) is -0.0302. The molecule has 0 aliphatic carbocycles. The van der Waals surface area contributed by atoms with Crippen molar-refractivity contribution in [2.45, 2.75) is 24.3 Å². The van der Waals surface area contributed by atoms with Crippen LogP contribution in [-0.2, 0) is 4.79 Å². The highest BCUT2D eigenvalue weighted by molar-refractivity contribution is 8.00. The number of nitriles is 1. The number of carbonyl (C=O) groups excluding carboxylic acids is 1. The molecule has 7 heteroatoms. The van der Waals surface area contributed by atoms with Gasteiger partial charge in [-0.05, 0) is 25.5 Å². The zero-order chi connectivity index (χ0) is 16.1. The Bertz CT molecular complexity index is 741. The number of rotatable bonds is 4. The van der Waals surface area contributed by atoms with Gasteiger partial charge in [-0.3, -0.25) is 4.79 Å². The third-order valence-corrected chi connectivity index (χ3v) is 3.95. The highest BCUT2D eigenvalue weighted by atomic mass is 32.2. The van der Waals surface area contributed by atoms with Gasteiger partial charge >= 0.3 is 0 Å². The predicted octanol–water partition coefficient (Wildman–Crippen LogP) is 2.36. The third-order valence-electron chi connectivity index (χ3n) is 2.97. The van der Waals surface area contributed by atoms with Gasteiger partial charge in [-0.15, -0.1) is 0 Å². The van der Waals surface area contributed by atoms with Crippen molar-refractivity contribution < 1.29 is 4.79 Å². The van der Waals surface area contributed by atoms with Crippen LogP contribution >= 0.6 is 11.8 Å². The molecule has 1 atom stereocenters. The number of carbonyl (C=O) groups is 1. The molecule has 0 aliphatic rings. The van der Waals surface area contributed by atoms with Crippen LogP contribution in [0.4, 0.5) is 11.5 Å². The smallest absolute Gasteiger partial charge is 0.237 e. The molecule has 22 heavy (non-hydrogen) atoms. The van der Waals surface area contributed by atoms with E-state index in [9.17, 15) is 4.79 Å². The highest BCUT2D eigenvalue weighted by Crippen LogP contribution is 2.23. The number of amides is 1. The fourth-order valence-corrected chi connectivity index (χ4v) is 2.43. The molecule has 0 spiro atoms. The second kappa shape index (κ2) is 6.91. The Morgan fingerprint density at radius 3 is 2.82 bits per heavy atom. The third kappa shape index (κ3) is 3.74. The summed E-state index contributed by atoms with van der Waals surface area (Å²) in [5, 5.41) is 11.6. The highest BCUT2D eigenvalue weighted by Gasteiger charge is 2.17. The molecule has 112 valence electrons. The molecule has 0 fully saturated rings. The Balaban J connectivity index is 2.04. The molecule has 6 nitrogen and oxygen atoms in total. The minimum Gasteiger partial charge on any atom is -0.382 e. The van der Waals surface area contributed by atoms with Crippen LogP contribution in [0.3, 0.4) is 0 Å². The number of nitrogens with zero attached hydrogens (tertiary/aromatic N) is 3. The van der Waals surface area contributed by atoms with E-state index in [4.69, 9.17) is 11.0 Å². The Kier molecular flexibility index (Phi) is 4.96. The molecule has 0 aliphatic heterocycles. The SMILES string of the molecule is Cc1ccccc1NC(=O)[C@@H](C)Sc1ncc(C#N)c(N)n1. The van der Waals surface area contributed by atoms with E-state index in [0.29, 0.717) is 5.16 Å². The lowest BCUT2D eigenvalue weighted by atomic mass is 10.2. The van der Waals surface area contributed by atoms with Crippen LogP contribution in [0.25, 0.3) is 0 Å². The number of nitrogens with two attached hydrogens (primary N) is 1. The van der Waals surface area contributed by atoms with Crippen molar-refractivity contribution in [3.05, 3.63) is 41.6 Å². The lowest BCUT2D eigenvalue weighted by Crippen LogP contribution is -2.23. The first kappa shape index (κ1) is 15.8. The van der Waals surface area contributed by atoms with E-state index in [1.807, 2.05) is 37.3 Å². The normalized spacial score (nSPS) is 11.5. The summed E-state index contributed by atoms with van der Waals surface area (Å²) in [5.41, 5.74) is 7.63. The number of hydrogen-bond donors (Lipinski definition) is 2. The van der Waals surface area contributed by atoms with Crippen LogP contribution < -0.4 is 11.1 Å². The molecular formula is C15H15N5OS. The number of nitrogens with one attached hydrogen (secondary N) is 1. The van der Waals surface area contributed by atoms with Crippen LogP contribution in [0, 0.1) is 18.3 Å². The molecular weight excluding hydrogens is 298 g/mol.